The third-order valence-corrected chi connectivity index (χ3v) is 4.46. The predicted octanol–water partition coefficient (Wildman–Crippen LogP) is 3.22. The summed E-state index contributed by atoms with van der Waals surface area (Å²) in [5.41, 5.74) is 0. The molecule has 0 amide bonds. The van der Waals surface area contributed by atoms with Crippen molar-refractivity contribution in [3.05, 3.63) is 10.0 Å². The van der Waals surface area contributed by atoms with Crippen molar-refractivity contribution in [3.8, 4) is 6.07 Å². The number of hydrogen-bond donors (Lipinski definition) is 1. The first-order chi connectivity index (χ1) is 6.98. The van der Waals surface area contributed by atoms with Crippen molar-refractivity contribution >= 4 is 39.8 Å². The van der Waals surface area contributed by atoms with Gasteiger partial charge in [0, 0.05) is 11.3 Å². The van der Waals surface area contributed by atoms with E-state index in [1.54, 1.807) is 11.8 Å². The van der Waals surface area contributed by atoms with Crippen LogP contribution in [-0.4, -0.2) is 22.5 Å². The maximum Gasteiger partial charge on any atom is 0.185 e. The standard InChI is InChI=1S/C9H12ClN3S2/c1-9(2,14-3)5-12-8-13-7(10)6(4-11)15-8/h5H2,1-3H3,(H,12,13). The summed E-state index contributed by atoms with van der Waals surface area (Å²) in [5.74, 6) is 0. The van der Waals surface area contributed by atoms with Crippen molar-refractivity contribution in [1.82, 2.24) is 4.98 Å². The summed E-state index contributed by atoms with van der Waals surface area (Å²) in [6.07, 6.45) is 2.07. The molecule has 0 aliphatic rings. The molecule has 1 N–H and O–H groups in total. The number of hydrogen-bond acceptors (Lipinski definition) is 5. The van der Waals surface area contributed by atoms with Crippen molar-refractivity contribution in [1.29, 1.82) is 5.26 Å². The third-order valence-electron chi connectivity index (χ3n) is 1.91. The number of anilines is 1. The van der Waals surface area contributed by atoms with Crippen LogP contribution in [-0.2, 0) is 0 Å². The fourth-order valence-electron chi connectivity index (χ4n) is 0.807. The van der Waals surface area contributed by atoms with E-state index in [9.17, 15) is 0 Å². The fraction of sp³-hybridized carbons (Fsp3) is 0.556. The van der Waals surface area contributed by atoms with Crippen molar-refractivity contribution in [2.75, 3.05) is 18.1 Å². The number of halogens is 1. The van der Waals surface area contributed by atoms with Gasteiger partial charge in [-0.1, -0.05) is 22.9 Å². The van der Waals surface area contributed by atoms with Gasteiger partial charge in [0.2, 0.25) is 0 Å². The lowest BCUT2D eigenvalue weighted by Gasteiger charge is -2.21. The second kappa shape index (κ2) is 5.06. The Labute approximate surface area is 103 Å². The first-order valence-electron chi connectivity index (χ1n) is 4.34. The second-order valence-electron chi connectivity index (χ2n) is 3.57. The molecule has 1 aromatic rings. The zero-order chi connectivity index (χ0) is 11.5. The van der Waals surface area contributed by atoms with E-state index in [1.807, 2.05) is 6.07 Å². The second-order valence-corrected chi connectivity index (χ2v) is 6.44. The Balaban J connectivity index is 2.63. The number of thiazole rings is 1. The number of thioether (sulfide) groups is 1. The molecule has 0 saturated carbocycles. The Bertz CT molecular complexity index is 381. The smallest absolute Gasteiger partial charge is 0.185 e. The number of aromatic nitrogens is 1. The van der Waals surface area contributed by atoms with E-state index >= 15 is 0 Å². The van der Waals surface area contributed by atoms with E-state index in [4.69, 9.17) is 16.9 Å². The van der Waals surface area contributed by atoms with E-state index in [0.29, 0.717) is 10.0 Å². The van der Waals surface area contributed by atoms with Gasteiger partial charge in [-0.25, -0.2) is 4.98 Å². The Morgan fingerprint density at radius 1 is 1.67 bits per heavy atom. The van der Waals surface area contributed by atoms with Crippen LogP contribution >= 0.6 is 34.7 Å². The fourth-order valence-corrected chi connectivity index (χ4v) is 1.97. The summed E-state index contributed by atoms with van der Waals surface area (Å²) < 4.78 is 0.144. The minimum Gasteiger partial charge on any atom is -0.360 e. The van der Waals surface area contributed by atoms with Gasteiger partial charge in [0.05, 0.1) is 0 Å². The van der Waals surface area contributed by atoms with Gasteiger partial charge in [0.15, 0.2) is 10.3 Å². The highest BCUT2D eigenvalue weighted by atomic mass is 35.5. The van der Waals surface area contributed by atoms with Crippen LogP contribution in [0.5, 0.6) is 0 Å². The zero-order valence-corrected chi connectivity index (χ0v) is 11.2. The van der Waals surface area contributed by atoms with Gasteiger partial charge in [-0.3, -0.25) is 0 Å². The van der Waals surface area contributed by atoms with Crippen LogP contribution in [0.2, 0.25) is 5.15 Å². The molecule has 1 rings (SSSR count). The first kappa shape index (κ1) is 12.6. The molecule has 0 unspecified atom stereocenters. The molecular weight excluding hydrogens is 250 g/mol. The van der Waals surface area contributed by atoms with Crippen molar-refractivity contribution in [2.45, 2.75) is 18.6 Å². The van der Waals surface area contributed by atoms with E-state index in [2.05, 4.69) is 30.4 Å². The molecular formula is C9H12ClN3S2. The molecule has 3 nitrogen and oxygen atoms in total. The molecule has 0 spiro atoms. The van der Waals surface area contributed by atoms with Crippen molar-refractivity contribution < 1.29 is 0 Å². The average molecular weight is 262 g/mol. The van der Waals surface area contributed by atoms with Crippen LogP contribution in [0.4, 0.5) is 5.13 Å². The third kappa shape index (κ3) is 3.56. The van der Waals surface area contributed by atoms with E-state index in [1.165, 1.54) is 11.3 Å². The maximum atomic E-state index is 8.71. The van der Waals surface area contributed by atoms with E-state index in [-0.39, 0.29) is 9.90 Å². The van der Waals surface area contributed by atoms with Crippen LogP contribution in [0.1, 0.15) is 18.7 Å². The zero-order valence-electron chi connectivity index (χ0n) is 8.80. The molecule has 0 aromatic carbocycles. The minimum atomic E-state index is 0.144. The van der Waals surface area contributed by atoms with Crippen LogP contribution < -0.4 is 5.32 Å². The van der Waals surface area contributed by atoms with Gasteiger partial charge in [-0.2, -0.15) is 17.0 Å². The lowest BCUT2D eigenvalue weighted by atomic mass is 10.2. The Hall–Kier alpha value is -0.440. The van der Waals surface area contributed by atoms with Gasteiger partial charge in [-0.15, -0.1) is 0 Å². The summed E-state index contributed by atoms with van der Waals surface area (Å²) in [6.45, 7) is 5.08. The van der Waals surface area contributed by atoms with Gasteiger partial charge in [0.1, 0.15) is 10.9 Å². The van der Waals surface area contributed by atoms with Crippen molar-refractivity contribution in [2.24, 2.45) is 0 Å². The molecule has 15 heavy (non-hydrogen) atoms. The van der Waals surface area contributed by atoms with Crippen LogP contribution in [0.15, 0.2) is 0 Å². The number of nitrogens with zero attached hydrogens (tertiary/aromatic N) is 2. The topological polar surface area (TPSA) is 48.7 Å². The lowest BCUT2D eigenvalue weighted by molar-refractivity contribution is 0.752. The molecule has 0 bridgehead atoms. The van der Waals surface area contributed by atoms with Crippen LogP contribution in [0, 0.1) is 11.3 Å². The monoisotopic (exact) mass is 261 g/mol. The number of nitrogens with one attached hydrogen (secondary N) is 1. The minimum absolute atomic E-state index is 0.144. The summed E-state index contributed by atoms with van der Waals surface area (Å²) in [5, 5.41) is 12.9. The van der Waals surface area contributed by atoms with E-state index in [0.717, 1.165) is 6.54 Å². The van der Waals surface area contributed by atoms with Crippen LogP contribution in [0.3, 0.4) is 0 Å². The number of nitriles is 1. The van der Waals surface area contributed by atoms with Gasteiger partial charge in [0.25, 0.3) is 0 Å². The maximum absolute atomic E-state index is 8.71. The molecule has 1 heterocycles. The highest BCUT2D eigenvalue weighted by molar-refractivity contribution is 7.99. The van der Waals surface area contributed by atoms with E-state index < -0.39 is 0 Å². The molecule has 82 valence electrons. The van der Waals surface area contributed by atoms with Crippen LogP contribution in [0.25, 0.3) is 0 Å². The van der Waals surface area contributed by atoms with Gasteiger partial charge >= 0.3 is 0 Å². The SMILES string of the molecule is CSC(C)(C)CNc1nc(Cl)c(C#N)s1. The predicted molar refractivity (Wildman–Crippen MR) is 67.9 cm³/mol. The molecule has 0 saturated heterocycles. The summed E-state index contributed by atoms with van der Waals surface area (Å²) in [7, 11) is 0. The average Bonchev–Trinajstić information content (AvgIpc) is 2.56. The molecule has 0 aliphatic carbocycles. The summed E-state index contributed by atoms with van der Waals surface area (Å²) in [4.78, 5) is 4.52. The molecule has 1 aromatic heterocycles. The molecule has 0 radical (unpaired) electrons. The molecule has 0 fully saturated rings. The summed E-state index contributed by atoms with van der Waals surface area (Å²) >= 11 is 8.83. The van der Waals surface area contributed by atoms with Crippen molar-refractivity contribution in [3.63, 3.8) is 0 Å². The molecule has 6 heteroatoms. The Morgan fingerprint density at radius 2 is 2.33 bits per heavy atom. The number of rotatable bonds is 4. The Morgan fingerprint density at radius 3 is 2.80 bits per heavy atom. The van der Waals surface area contributed by atoms with Gasteiger partial charge in [-0.05, 0) is 20.1 Å². The Kier molecular flexibility index (Phi) is 4.26. The highest BCUT2D eigenvalue weighted by Crippen LogP contribution is 2.27. The van der Waals surface area contributed by atoms with Gasteiger partial charge < -0.3 is 5.32 Å². The summed E-state index contributed by atoms with van der Waals surface area (Å²) in [6, 6.07) is 2.01. The molecule has 0 aliphatic heterocycles. The molecule has 0 atom stereocenters. The largest absolute Gasteiger partial charge is 0.360 e. The highest BCUT2D eigenvalue weighted by Gasteiger charge is 2.17. The quantitative estimate of drug-likeness (QED) is 0.904. The normalized spacial score (nSPS) is 11.1. The first-order valence-corrected chi connectivity index (χ1v) is 6.76. The lowest BCUT2D eigenvalue weighted by Crippen LogP contribution is -2.25.